The Hall–Kier alpha value is -1.36. The molecule has 1 heterocycles. The van der Waals surface area contributed by atoms with Gasteiger partial charge in [0.1, 0.15) is 5.92 Å². The van der Waals surface area contributed by atoms with E-state index in [2.05, 4.69) is 21.2 Å². The minimum absolute atomic E-state index is 0.0957. The molecular formula is C16H21BrN2O2. The van der Waals surface area contributed by atoms with Crippen molar-refractivity contribution in [3.05, 3.63) is 28.2 Å². The maximum atomic E-state index is 12.5. The van der Waals surface area contributed by atoms with Gasteiger partial charge in [0, 0.05) is 23.2 Å². The van der Waals surface area contributed by atoms with Crippen LogP contribution >= 0.6 is 15.9 Å². The highest BCUT2D eigenvalue weighted by Crippen LogP contribution is 2.29. The Labute approximate surface area is 134 Å². The van der Waals surface area contributed by atoms with Crippen LogP contribution in [0.25, 0.3) is 0 Å². The molecule has 2 amide bonds. The molecule has 0 saturated carbocycles. The van der Waals surface area contributed by atoms with Gasteiger partial charge in [-0.25, -0.2) is 0 Å². The van der Waals surface area contributed by atoms with E-state index >= 15 is 0 Å². The molecule has 21 heavy (non-hydrogen) atoms. The summed E-state index contributed by atoms with van der Waals surface area (Å²) in [5, 5.41) is 2.86. The van der Waals surface area contributed by atoms with Crippen molar-refractivity contribution in [1.29, 1.82) is 0 Å². The van der Waals surface area contributed by atoms with Gasteiger partial charge in [0.15, 0.2) is 0 Å². The summed E-state index contributed by atoms with van der Waals surface area (Å²) in [5.41, 5.74) is 1.92. The lowest BCUT2D eigenvalue weighted by Crippen LogP contribution is -2.38. The Morgan fingerprint density at radius 2 is 2.19 bits per heavy atom. The molecule has 0 aromatic heterocycles. The van der Waals surface area contributed by atoms with E-state index in [-0.39, 0.29) is 11.8 Å². The van der Waals surface area contributed by atoms with Crippen molar-refractivity contribution in [2.24, 2.45) is 11.8 Å². The first-order chi connectivity index (χ1) is 9.90. The lowest BCUT2D eigenvalue weighted by molar-refractivity contribution is -0.132. The summed E-state index contributed by atoms with van der Waals surface area (Å²) in [5.74, 6) is -0.408. The molecule has 2 rings (SSSR count). The summed E-state index contributed by atoms with van der Waals surface area (Å²) < 4.78 is 0.988. The second-order valence-electron chi connectivity index (χ2n) is 5.90. The highest BCUT2D eigenvalue weighted by Gasteiger charge is 2.37. The number of benzene rings is 1. The van der Waals surface area contributed by atoms with Crippen LogP contribution in [0.5, 0.6) is 0 Å². The molecule has 1 atom stereocenters. The number of hydrogen-bond acceptors (Lipinski definition) is 2. The predicted molar refractivity (Wildman–Crippen MR) is 87.2 cm³/mol. The van der Waals surface area contributed by atoms with E-state index < -0.39 is 5.92 Å². The van der Waals surface area contributed by atoms with Crippen LogP contribution in [0.3, 0.4) is 0 Å². The summed E-state index contributed by atoms with van der Waals surface area (Å²) in [6.07, 6.45) is 0.582. The van der Waals surface area contributed by atoms with Crippen LogP contribution in [0, 0.1) is 18.8 Å². The molecule has 0 unspecified atom stereocenters. The Balaban J connectivity index is 2.09. The van der Waals surface area contributed by atoms with E-state index in [0.29, 0.717) is 25.4 Å². The third-order valence-electron chi connectivity index (χ3n) is 3.66. The molecule has 0 spiro atoms. The van der Waals surface area contributed by atoms with Gasteiger partial charge in [0.05, 0.1) is 0 Å². The normalized spacial score (nSPS) is 18.4. The van der Waals surface area contributed by atoms with Gasteiger partial charge in [-0.05, 0) is 43.0 Å². The topological polar surface area (TPSA) is 49.4 Å². The minimum Gasteiger partial charge on any atom is -0.355 e. The van der Waals surface area contributed by atoms with Crippen molar-refractivity contribution >= 4 is 33.4 Å². The zero-order valence-corrected chi connectivity index (χ0v) is 14.2. The predicted octanol–water partition coefficient (Wildman–Crippen LogP) is 2.88. The number of aryl methyl sites for hydroxylation is 1. The van der Waals surface area contributed by atoms with Gasteiger partial charge in [-0.2, -0.15) is 0 Å². The van der Waals surface area contributed by atoms with Crippen molar-refractivity contribution in [1.82, 2.24) is 5.32 Å². The molecule has 0 radical (unpaired) electrons. The smallest absolute Gasteiger partial charge is 0.239 e. The number of amides is 2. The third kappa shape index (κ3) is 3.64. The van der Waals surface area contributed by atoms with E-state index in [1.165, 1.54) is 0 Å². The number of carbonyl (C=O) groups excluding carboxylic acids is 2. The number of halogens is 1. The van der Waals surface area contributed by atoms with E-state index in [1.54, 1.807) is 4.90 Å². The summed E-state index contributed by atoms with van der Waals surface area (Å²) in [6, 6.07) is 5.82. The van der Waals surface area contributed by atoms with E-state index in [0.717, 1.165) is 15.7 Å². The standard InChI is InChI=1S/C16H21BrN2O2/c1-10(2)9-18-15(20)13-6-7-19(16(13)21)14-5-4-12(17)8-11(14)3/h4-5,8,10,13H,6-7,9H2,1-3H3,(H,18,20)/t13-/m1/s1. The average Bonchev–Trinajstić information content (AvgIpc) is 2.78. The largest absolute Gasteiger partial charge is 0.355 e. The highest BCUT2D eigenvalue weighted by molar-refractivity contribution is 9.10. The van der Waals surface area contributed by atoms with E-state index in [1.807, 2.05) is 39.0 Å². The summed E-state index contributed by atoms with van der Waals surface area (Å²) in [7, 11) is 0. The molecule has 5 heteroatoms. The van der Waals surface area contributed by atoms with Gasteiger partial charge in [-0.3, -0.25) is 9.59 Å². The van der Waals surface area contributed by atoms with Crippen molar-refractivity contribution in [3.63, 3.8) is 0 Å². The van der Waals surface area contributed by atoms with Crippen molar-refractivity contribution in [2.75, 3.05) is 18.0 Å². The molecule has 0 aliphatic carbocycles. The van der Waals surface area contributed by atoms with Gasteiger partial charge in [0.25, 0.3) is 0 Å². The minimum atomic E-state index is -0.549. The number of anilines is 1. The van der Waals surface area contributed by atoms with Crippen LogP contribution in [0.2, 0.25) is 0 Å². The first-order valence-electron chi connectivity index (χ1n) is 7.25. The maximum Gasteiger partial charge on any atom is 0.239 e. The van der Waals surface area contributed by atoms with Gasteiger partial charge < -0.3 is 10.2 Å². The molecule has 1 aromatic rings. The molecule has 1 fully saturated rings. The molecule has 4 nitrogen and oxygen atoms in total. The van der Waals surface area contributed by atoms with Crippen molar-refractivity contribution < 1.29 is 9.59 Å². The molecule has 1 aliphatic heterocycles. The average molecular weight is 353 g/mol. The van der Waals surface area contributed by atoms with Crippen LogP contribution < -0.4 is 10.2 Å². The summed E-state index contributed by atoms with van der Waals surface area (Å²) in [4.78, 5) is 26.3. The molecule has 1 N–H and O–H groups in total. The van der Waals surface area contributed by atoms with Crippen LogP contribution in [0.15, 0.2) is 22.7 Å². The molecule has 1 saturated heterocycles. The van der Waals surface area contributed by atoms with E-state index in [4.69, 9.17) is 0 Å². The monoisotopic (exact) mass is 352 g/mol. The second-order valence-corrected chi connectivity index (χ2v) is 6.82. The highest BCUT2D eigenvalue weighted by atomic mass is 79.9. The van der Waals surface area contributed by atoms with Gasteiger partial charge >= 0.3 is 0 Å². The fourth-order valence-corrected chi connectivity index (χ4v) is 2.99. The van der Waals surface area contributed by atoms with Crippen molar-refractivity contribution in [2.45, 2.75) is 27.2 Å². The zero-order chi connectivity index (χ0) is 15.6. The van der Waals surface area contributed by atoms with Gasteiger partial charge in [0.2, 0.25) is 11.8 Å². The molecule has 1 aromatic carbocycles. The SMILES string of the molecule is Cc1cc(Br)ccc1N1CC[C@H](C(=O)NCC(C)C)C1=O. The lowest BCUT2D eigenvalue weighted by atomic mass is 10.1. The lowest BCUT2D eigenvalue weighted by Gasteiger charge is -2.19. The maximum absolute atomic E-state index is 12.5. The number of hydrogen-bond donors (Lipinski definition) is 1. The zero-order valence-electron chi connectivity index (χ0n) is 12.6. The number of carbonyl (C=O) groups is 2. The van der Waals surface area contributed by atoms with Crippen LogP contribution in [0.4, 0.5) is 5.69 Å². The van der Waals surface area contributed by atoms with E-state index in [9.17, 15) is 9.59 Å². The molecule has 114 valence electrons. The van der Waals surface area contributed by atoms with Crippen LogP contribution in [-0.4, -0.2) is 24.9 Å². The van der Waals surface area contributed by atoms with Crippen LogP contribution in [0.1, 0.15) is 25.8 Å². The number of nitrogens with one attached hydrogen (secondary N) is 1. The van der Waals surface area contributed by atoms with Crippen LogP contribution in [-0.2, 0) is 9.59 Å². The first kappa shape index (κ1) is 16.0. The summed E-state index contributed by atoms with van der Waals surface area (Å²) in [6.45, 7) is 7.25. The number of rotatable bonds is 4. The van der Waals surface area contributed by atoms with Gasteiger partial charge in [-0.1, -0.05) is 29.8 Å². The first-order valence-corrected chi connectivity index (χ1v) is 8.04. The molecular weight excluding hydrogens is 332 g/mol. The van der Waals surface area contributed by atoms with Crippen molar-refractivity contribution in [3.8, 4) is 0 Å². The Kier molecular flexibility index (Phi) is 5.04. The second kappa shape index (κ2) is 6.60. The fourth-order valence-electron chi connectivity index (χ4n) is 2.51. The molecule has 0 bridgehead atoms. The number of nitrogens with zero attached hydrogens (tertiary/aromatic N) is 1. The Bertz CT molecular complexity index is 557. The molecule has 1 aliphatic rings. The Morgan fingerprint density at radius 3 is 2.81 bits per heavy atom. The van der Waals surface area contributed by atoms with Gasteiger partial charge in [-0.15, -0.1) is 0 Å². The third-order valence-corrected chi connectivity index (χ3v) is 4.15. The summed E-state index contributed by atoms with van der Waals surface area (Å²) >= 11 is 3.42. The Morgan fingerprint density at radius 1 is 1.48 bits per heavy atom. The quantitative estimate of drug-likeness (QED) is 0.847. The fraction of sp³-hybridized carbons (Fsp3) is 0.500.